The number of rotatable bonds is 6. The molecule has 0 aliphatic carbocycles. The van der Waals surface area contributed by atoms with E-state index in [1.54, 1.807) is 0 Å². The molecule has 2 aromatic carbocycles. The maximum absolute atomic E-state index is 12.1. The van der Waals surface area contributed by atoms with Crippen molar-refractivity contribution >= 4 is 23.2 Å². The zero-order valence-electron chi connectivity index (χ0n) is 13.0. The zero-order valence-corrected chi connectivity index (χ0v) is 13.8. The molecule has 0 aliphatic heterocycles. The van der Waals surface area contributed by atoms with Gasteiger partial charge in [0.05, 0.1) is 15.5 Å². The molecule has 0 fully saturated rings. The quantitative estimate of drug-likeness (QED) is 0.596. The van der Waals surface area contributed by atoms with Crippen LogP contribution in [0.25, 0.3) is 0 Å². The standard InChI is InChI=1S/C16H12ClF3N2O4/c17-14-6-3-11(22(24)25)9-13(14)15(23)21-8-7-10-1-4-12(5-2-10)26-16(18,19)20/h1-6,9H,7-8H2,(H,21,23). The van der Waals surface area contributed by atoms with Crippen molar-refractivity contribution in [1.29, 1.82) is 0 Å². The van der Waals surface area contributed by atoms with Gasteiger partial charge in [0.2, 0.25) is 0 Å². The van der Waals surface area contributed by atoms with E-state index in [1.807, 2.05) is 0 Å². The van der Waals surface area contributed by atoms with E-state index in [1.165, 1.54) is 36.4 Å². The molecule has 0 spiro atoms. The van der Waals surface area contributed by atoms with Gasteiger partial charge in [-0.15, -0.1) is 13.2 Å². The summed E-state index contributed by atoms with van der Waals surface area (Å²) in [5.41, 5.74) is 0.375. The predicted octanol–water partition coefficient (Wildman–Crippen LogP) is 4.12. The Morgan fingerprint density at radius 3 is 2.42 bits per heavy atom. The maximum atomic E-state index is 12.1. The number of alkyl halides is 3. The number of nitro groups is 1. The molecular weight excluding hydrogens is 377 g/mol. The van der Waals surface area contributed by atoms with Gasteiger partial charge in [0.1, 0.15) is 5.75 Å². The van der Waals surface area contributed by atoms with E-state index in [2.05, 4.69) is 10.1 Å². The maximum Gasteiger partial charge on any atom is 0.573 e. The largest absolute Gasteiger partial charge is 0.573 e. The lowest BCUT2D eigenvalue weighted by Crippen LogP contribution is -2.26. The van der Waals surface area contributed by atoms with Gasteiger partial charge < -0.3 is 10.1 Å². The number of halogens is 4. The van der Waals surface area contributed by atoms with Gasteiger partial charge in [0.15, 0.2) is 0 Å². The molecule has 0 atom stereocenters. The first-order valence-electron chi connectivity index (χ1n) is 7.22. The molecular formula is C16H12ClF3N2O4. The summed E-state index contributed by atoms with van der Waals surface area (Å²) in [6.07, 6.45) is -4.42. The van der Waals surface area contributed by atoms with Gasteiger partial charge in [-0.2, -0.15) is 0 Å². The minimum Gasteiger partial charge on any atom is -0.406 e. The Labute approximate surface area is 150 Å². The third-order valence-electron chi connectivity index (χ3n) is 3.26. The van der Waals surface area contributed by atoms with Crippen molar-refractivity contribution in [2.75, 3.05) is 6.54 Å². The summed E-state index contributed by atoms with van der Waals surface area (Å²) in [7, 11) is 0. The van der Waals surface area contributed by atoms with Gasteiger partial charge >= 0.3 is 6.36 Å². The SMILES string of the molecule is O=C(NCCc1ccc(OC(F)(F)F)cc1)c1cc([N+](=O)[O-])ccc1Cl. The Morgan fingerprint density at radius 2 is 1.85 bits per heavy atom. The van der Waals surface area contributed by atoms with E-state index in [0.717, 1.165) is 6.07 Å². The van der Waals surface area contributed by atoms with Gasteiger partial charge in [-0.1, -0.05) is 23.7 Å². The molecule has 0 saturated heterocycles. The van der Waals surface area contributed by atoms with Crippen LogP contribution in [0, 0.1) is 10.1 Å². The third-order valence-corrected chi connectivity index (χ3v) is 3.59. The van der Waals surface area contributed by atoms with Crippen LogP contribution in [0.1, 0.15) is 15.9 Å². The first kappa shape index (κ1) is 19.5. The minimum absolute atomic E-state index is 0.0326. The van der Waals surface area contributed by atoms with Crippen LogP contribution in [0.15, 0.2) is 42.5 Å². The number of nitrogens with one attached hydrogen (secondary N) is 1. The first-order chi connectivity index (χ1) is 12.2. The van der Waals surface area contributed by atoms with Crippen LogP contribution in [0.2, 0.25) is 5.02 Å². The van der Waals surface area contributed by atoms with Gasteiger partial charge in [-0.3, -0.25) is 14.9 Å². The summed E-state index contributed by atoms with van der Waals surface area (Å²) in [6.45, 7) is 0.164. The van der Waals surface area contributed by atoms with Crippen molar-refractivity contribution in [2.24, 2.45) is 0 Å². The zero-order chi connectivity index (χ0) is 19.3. The summed E-state index contributed by atoms with van der Waals surface area (Å²) in [5, 5.41) is 13.4. The molecule has 0 aliphatic rings. The smallest absolute Gasteiger partial charge is 0.406 e. The van der Waals surface area contributed by atoms with E-state index in [-0.39, 0.29) is 28.6 Å². The van der Waals surface area contributed by atoms with Crippen LogP contribution in [0.5, 0.6) is 5.75 Å². The highest BCUT2D eigenvalue weighted by atomic mass is 35.5. The Balaban J connectivity index is 1.92. The average Bonchev–Trinajstić information content (AvgIpc) is 2.55. The lowest BCUT2D eigenvalue weighted by Gasteiger charge is -2.10. The predicted molar refractivity (Wildman–Crippen MR) is 87.3 cm³/mol. The Kier molecular flexibility index (Phi) is 6.04. The van der Waals surface area contributed by atoms with Crippen molar-refractivity contribution in [2.45, 2.75) is 12.8 Å². The summed E-state index contributed by atoms with van der Waals surface area (Å²) < 4.78 is 40.0. The van der Waals surface area contributed by atoms with Gasteiger partial charge in [-0.05, 0) is 30.2 Å². The number of non-ortho nitro benzene ring substituents is 1. The van der Waals surface area contributed by atoms with Crippen LogP contribution in [0.3, 0.4) is 0 Å². The Hall–Kier alpha value is -2.81. The van der Waals surface area contributed by atoms with Crippen LogP contribution < -0.4 is 10.1 Å². The molecule has 6 nitrogen and oxygen atoms in total. The molecule has 0 saturated carbocycles. The van der Waals surface area contributed by atoms with Crippen LogP contribution in [-0.4, -0.2) is 23.7 Å². The van der Waals surface area contributed by atoms with Crippen LogP contribution >= 0.6 is 11.6 Å². The second kappa shape index (κ2) is 8.05. The number of ether oxygens (including phenoxy) is 1. The summed E-state index contributed by atoms with van der Waals surface area (Å²) in [5.74, 6) is -0.926. The molecule has 0 radical (unpaired) electrons. The first-order valence-corrected chi connectivity index (χ1v) is 7.60. The second-order valence-electron chi connectivity index (χ2n) is 5.12. The number of hydrogen-bond acceptors (Lipinski definition) is 4. The van der Waals surface area contributed by atoms with Gasteiger partial charge in [-0.25, -0.2) is 0 Å². The van der Waals surface area contributed by atoms with Crippen molar-refractivity contribution < 1.29 is 27.6 Å². The fourth-order valence-electron chi connectivity index (χ4n) is 2.07. The summed E-state index contributed by atoms with van der Waals surface area (Å²) in [4.78, 5) is 22.2. The molecule has 10 heteroatoms. The van der Waals surface area contributed by atoms with Gasteiger partial charge in [0.25, 0.3) is 11.6 Å². The molecule has 26 heavy (non-hydrogen) atoms. The van der Waals surface area contributed by atoms with Crippen LogP contribution in [-0.2, 0) is 6.42 Å². The Bertz CT molecular complexity index is 810. The van der Waals surface area contributed by atoms with E-state index in [0.29, 0.717) is 12.0 Å². The molecule has 1 amide bonds. The van der Waals surface area contributed by atoms with Crippen LogP contribution in [0.4, 0.5) is 18.9 Å². The molecule has 0 heterocycles. The summed E-state index contributed by atoms with van der Waals surface area (Å²) in [6, 6.07) is 8.73. The molecule has 0 aromatic heterocycles. The van der Waals surface area contributed by atoms with Crippen molar-refractivity contribution in [3.8, 4) is 5.75 Å². The van der Waals surface area contributed by atoms with E-state index < -0.39 is 17.2 Å². The number of nitrogens with zero attached hydrogens (tertiary/aromatic N) is 1. The topological polar surface area (TPSA) is 81.5 Å². The fraction of sp³-hybridized carbons (Fsp3) is 0.188. The van der Waals surface area contributed by atoms with Crippen molar-refractivity contribution in [3.05, 3.63) is 68.7 Å². The number of amides is 1. The molecule has 1 N–H and O–H groups in total. The second-order valence-corrected chi connectivity index (χ2v) is 5.53. The van der Waals surface area contributed by atoms with E-state index in [9.17, 15) is 28.1 Å². The number of carbonyl (C=O) groups is 1. The Morgan fingerprint density at radius 1 is 1.19 bits per heavy atom. The molecule has 0 unspecified atom stereocenters. The third kappa shape index (κ3) is 5.62. The highest BCUT2D eigenvalue weighted by Gasteiger charge is 2.30. The molecule has 2 aromatic rings. The monoisotopic (exact) mass is 388 g/mol. The lowest BCUT2D eigenvalue weighted by molar-refractivity contribution is -0.384. The number of hydrogen-bond donors (Lipinski definition) is 1. The number of nitro benzene ring substituents is 1. The average molecular weight is 389 g/mol. The highest BCUT2D eigenvalue weighted by Crippen LogP contribution is 2.23. The molecule has 138 valence electrons. The minimum atomic E-state index is -4.76. The summed E-state index contributed by atoms with van der Waals surface area (Å²) >= 11 is 5.87. The fourth-order valence-corrected chi connectivity index (χ4v) is 2.28. The van der Waals surface area contributed by atoms with E-state index >= 15 is 0 Å². The lowest BCUT2D eigenvalue weighted by atomic mass is 10.1. The van der Waals surface area contributed by atoms with Gasteiger partial charge in [0, 0.05) is 18.7 Å². The van der Waals surface area contributed by atoms with Crippen molar-refractivity contribution in [3.63, 3.8) is 0 Å². The molecule has 0 bridgehead atoms. The van der Waals surface area contributed by atoms with E-state index in [4.69, 9.17) is 11.6 Å². The highest BCUT2D eigenvalue weighted by molar-refractivity contribution is 6.33. The van der Waals surface area contributed by atoms with Crippen molar-refractivity contribution in [1.82, 2.24) is 5.32 Å². The number of carbonyl (C=O) groups excluding carboxylic acids is 1. The molecule has 2 rings (SSSR count). The normalized spacial score (nSPS) is 11.1. The number of benzene rings is 2.